The van der Waals surface area contributed by atoms with Gasteiger partial charge in [0, 0.05) is 44.7 Å². The van der Waals surface area contributed by atoms with E-state index in [9.17, 15) is 4.79 Å². The van der Waals surface area contributed by atoms with E-state index < -0.39 is 0 Å². The lowest BCUT2D eigenvalue weighted by atomic mass is 9.70. The van der Waals surface area contributed by atoms with Crippen molar-refractivity contribution in [2.24, 2.45) is 11.8 Å². The molecule has 4 rings (SSSR count). The predicted octanol–water partition coefficient (Wildman–Crippen LogP) is 1.89. The van der Waals surface area contributed by atoms with Crippen molar-refractivity contribution < 1.29 is 9.53 Å². The van der Waals surface area contributed by atoms with E-state index in [2.05, 4.69) is 16.7 Å². The highest BCUT2D eigenvalue weighted by atomic mass is 16.5. The van der Waals surface area contributed by atoms with Crippen LogP contribution in [-0.4, -0.2) is 60.1 Å². The molecule has 0 aromatic heterocycles. The van der Waals surface area contributed by atoms with Gasteiger partial charge < -0.3 is 9.64 Å². The molecular weight excluding hydrogens is 264 g/mol. The van der Waals surface area contributed by atoms with Gasteiger partial charge in [-0.25, -0.2) is 0 Å². The molecule has 4 heterocycles. The summed E-state index contributed by atoms with van der Waals surface area (Å²) >= 11 is 0. The van der Waals surface area contributed by atoms with E-state index in [0.29, 0.717) is 30.0 Å². The highest BCUT2D eigenvalue weighted by Gasteiger charge is 2.49. The third-order valence-corrected chi connectivity index (χ3v) is 6.32. The molecule has 21 heavy (non-hydrogen) atoms. The fourth-order valence-electron chi connectivity index (χ4n) is 5.44. The van der Waals surface area contributed by atoms with Crippen LogP contribution in [-0.2, 0) is 9.53 Å². The van der Waals surface area contributed by atoms with E-state index in [0.717, 1.165) is 31.9 Å². The minimum absolute atomic E-state index is 0.423. The summed E-state index contributed by atoms with van der Waals surface area (Å²) in [5.74, 6) is 1.84. The van der Waals surface area contributed by atoms with Gasteiger partial charge >= 0.3 is 0 Å². The van der Waals surface area contributed by atoms with Crippen molar-refractivity contribution in [3.63, 3.8) is 0 Å². The molecule has 4 nitrogen and oxygen atoms in total. The van der Waals surface area contributed by atoms with Gasteiger partial charge in [-0.2, -0.15) is 0 Å². The average molecular weight is 292 g/mol. The second-order valence-corrected chi connectivity index (χ2v) is 7.43. The number of carbonyl (C=O) groups is 1. The van der Waals surface area contributed by atoms with Gasteiger partial charge in [0.05, 0.1) is 6.10 Å². The summed E-state index contributed by atoms with van der Waals surface area (Å²) in [6, 6.07) is 1.20. The minimum Gasteiger partial charge on any atom is -0.378 e. The SMILES string of the molecule is CCOC1CCN2CC3CC(CN4C(=O)CCCC34)C2C1. The van der Waals surface area contributed by atoms with Gasteiger partial charge in [-0.3, -0.25) is 9.69 Å². The average Bonchev–Trinajstić information content (AvgIpc) is 2.49. The minimum atomic E-state index is 0.423. The van der Waals surface area contributed by atoms with Gasteiger partial charge in [0.2, 0.25) is 5.91 Å². The molecule has 4 aliphatic rings. The Morgan fingerprint density at radius 1 is 1.14 bits per heavy atom. The number of carbonyl (C=O) groups excluding carboxylic acids is 1. The lowest BCUT2D eigenvalue weighted by Gasteiger charge is -2.57. The topological polar surface area (TPSA) is 32.8 Å². The first kappa shape index (κ1) is 14.0. The molecule has 2 bridgehead atoms. The summed E-state index contributed by atoms with van der Waals surface area (Å²) in [6.07, 6.45) is 7.29. The predicted molar refractivity (Wildman–Crippen MR) is 81.0 cm³/mol. The number of piperidine rings is 4. The van der Waals surface area contributed by atoms with Crippen LogP contribution in [0.15, 0.2) is 0 Å². The zero-order valence-corrected chi connectivity index (χ0v) is 13.2. The van der Waals surface area contributed by atoms with Gasteiger partial charge in [-0.1, -0.05) is 0 Å². The molecule has 4 aliphatic heterocycles. The molecule has 4 saturated heterocycles. The number of rotatable bonds is 2. The molecule has 1 amide bonds. The summed E-state index contributed by atoms with van der Waals surface area (Å²) in [5.41, 5.74) is 0. The van der Waals surface area contributed by atoms with E-state index >= 15 is 0 Å². The Bertz CT molecular complexity index is 414. The van der Waals surface area contributed by atoms with Crippen molar-refractivity contribution in [2.75, 3.05) is 26.2 Å². The molecule has 0 aromatic rings. The highest BCUT2D eigenvalue weighted by molar-refractivity contribution is 5.77. The maximum absolute atomic E-state index is 12.3. The van der Waals surface area contributed by atoms with Crippen LogP contribution in [0.2, 0.25) is 0 Å². The summed E-state index contributed by atoms with van der Waals surface area (Å²) in [5, 5.41) is 0. The summed E-state index contributed by atoms with van der Waals surface area (Å²) in [4.78, 5) is 17.3. The third-order valence-electron chi connectivity index (χ3n) is 6.32. The molecule has 0 radical (unpaired) electrons. The first-order chi connectivity index (χ1) is 10.3. The first-order valence-corrected chi connectivity index (χ1v) is 8.91. The van der Waals surface area contributed by atoms with Crippen LogP contribution in [0.25, 0.3) is 0 Å². The molecule has 0 aliphatic carbocycles. The second-order valence-electron chi connectivity index (χ2n) is 7.43. The van der Waals surface area contributed by atoms with Gasteiger partial charge in [-0.05, 0) is 50.9 Å². The Morgan fingerprint density at radius 2 is 2.00 bits per heavy atom. The van der Waals surface area contributed by atoms with Gasteiger partial charge in [0.1, 0.15) is 0 Å². The van der Waals surface area contributed by atoms with Gasteiger partial charge in [0.25, 0.3) is 0 Å². The second kappa shape index (κ2) is 5.54. The standard InChI is InChI=1S/C17H28N2O2/c1-2-21-14-6-7-18-10-12-8-13(16(18)9-14)11-19-15(12)4-3-5-17(19)20/h12-16H,2-11H2,1H3. The Balaban J connectivity index is 1.51. The monoisotopic (exact) mass is 292 g/mol. The fourth-order valence-corrected chi connectivity index (χ4v) is 5.44. The summed E-state index contributed by atoms with van der Waals surface area (Å²) in [6.45, 7) is 6.36. The first-order valence-electron chi connectivity index (χ1n) is 8.91. The number of ether oxygens (including phenoxy) is 1. The summed E-state index contributed by atoms with van der Waals surface area (Å²) in [7, 11) is 0. The lowest BCUT2D eigenvalue weighted by Crippen LogP contribution is -2.65. The molecule has 5 unspecified atom stereocenters. The number of hydrogen-bond acceptors (Lipinski definition) is 3. The molecule has 4 fully saturated rings. The lowest BCUT2D eigenvalue weighted by molar-refractivity contribution is -0.150. The molecule has 4 heteroatoms. The molecule has 5 atom stereocenters. The van der Waals surface area contributed by atoms with Crippen molar-refractivity contribution in [1.29, 1.82) is 0 Å². The molecule has 118 valence electrons. The van der Waals surface area contributed by atoms with Crippen LogP contribution < -0.4 is 0 Å². The largest absolute Gasteiger partial charge is 0.378 e. The highest BCUT2D eigenvalue weighted by Crippen LogP contribution is 2.43. The van der Waals surface area contributed by atoms with E-state index in [1.165, 1.54) is 38.8 Å². The number of hydrogen-bond donors (Lipinski definition) is 0. The van der Waals surface area contributed by atoms with E-state index in [1.54, 1.807) is 0 Å². The van der Waals surface area contributed by atoms with Crippen LogP contribution in [0.1, 0.15) is 45.4 Å². The Hall–Kier alpha value is -0.610. The van der Waals surface area contributed by atoms with Gasteiger partial charge in [0.15, 0.2) is 0 Å². The van der Waals surface area contributed by atoms with Crippen molar-refractivity contribution in [2.45, 2.75) is 63.6 Å². The molecular formula is C17H28N2O2. The number of fused-ring (bicyclic) bond motifs is 6. The molecule has 0 spiro atoms. The van der Waals surface area contributed by atoms with Crippen LogP contribution in [0.5, 0.6) is 0 Å². The Labute approximate surface area is 127 Å². The van der Waals surface area contributed by atoms with Crippen LogP contribution in [0.3, 0.4) is 0 Å². The van der Waals surface area contributed by atoms with Crippen molar-refractivity contribution in [1.82, 2.24) is 9.80 Å². The Kier molecular flexibility index (Phi) is 3.70. The van der Waals surface area contributed by atoms with E-state index in [4.69, 9.17) is 4.74 Å². The normalized spacial score (nSPS) is 43.4. The number of nitrogens with zero attached hydrogens (tertiary/aromatic N) is 2. The Morgan fingerprint density at radius 3 is 2.86 bits per heavy atom. The van der Waals surface area contributed by atoms with Crippen molar-refractivity contribution in [3.05, 3.63) is 0 Å². The zero-order chi connectivity index (χ0) is 14.4. The smallest absolute Gasteiger partial charge is 0.222 e. The van der Waals surface area contributed by atoms with Crippen LogP contribution >= 0.6 is 0 Å². The maximum Gasteiger partial charge on any atom is 0.222 e. The van der Waals surface area contributed by atoms with Crippen molar-refractivity contribution >= 4 is 5.91 Å². The molecule has 0 N–H and O–H groups in total. The van der Waals surface area contributed by atoms with E-state index in [-0.39, 0.29) is 0 Å². The van der Waals surface area contributed by atoms with Crippen molar-refractivity contribution in [3.8, 4) is 0 Å². The molecule has 0 aromatic carbocycles. The van der Waals surface area contributed by atoms with Crippen LogP contribution in [0, 0.1) is 11.8 Å². The maximum atomic E-state index is 12.3. The van der Waals surface area contributed by atoms with Gasteiger partial charge in [-0.15, -0.1) is 0 Å². The molecule has 0 saturated carbocycles. The third kappa shape index (κ3) is 2.40. The fraction of sp³-hybridized carbons (Fsp3) is 0.941. The zero-order valence-electron chi connectivity index (χ0n) is 13.2. The quantitative estimate of drug-likeness (QED) is 0.779. The summed E-state index contributed by atoms with van der Waals surface area (Å²) < 4.78 is 5.89. The van der Waals surface area contributed by atoms with Crippen LogP contribution in [0.4, 0.5) is 0 Å². The number of amides is 1. The van der Waals surface area contributed by atoms with E-state index in [1.807, 2.05) is 0 Å².